The number of hydrogen-bond donors (Lipinski definition) is 1. The van der Waals surface area contributed by atoms with Crippen molar-refractivity contribution in [1.82, 2.24) is 20.0 Å². The Hall–Kier alpha value is -1.98. The normalized spacial score (nSPS) is 12.8. The van der Waals surface area contributed by atoms with Gasteiger partial charge in [0.25, 0.3) is 0 Å². The van der Waals surface area contributed by atoms with Gasteiger partial charge < -0.3 is 5.11 Å². The molecular formula is C14H13ClN4O. The van der Waals surface area contributed by atoms with Gasteiger partial charge in [-0.15, -0.1) is 5.10 Å². The fourth-order valence-corrected chi connectivity index (χ4v) is 2.28. The standard InChI is InChI=1S/C14H13ClN4O/c1-2-13(20)11-8-19(18-17-11)12-6-5-10(15)9-4-3-7-16-14(9)12/h3-8,13,20H,2H2,1H3. The predicted molar refractivity (Wildman–Crippen MR) is 76.9 cm³/mol. The van der Waals surface area contributed by atoms with Gasteiger partial charge in [0.1, 0.15) is 5.69 Å². The summed E-state index contributed by atoms with van der Waals surface area (Å²) in [6.45, 7) is 1.89. The third kappa shape index (κ3) is 2.15. The summed E-state index contributed by atoms with van der Waals surface area (Å²) in [5.41, 5.74) is 2.08. The minimum atomic E-state index is -0.602. The van der Waals surface area contributed by atoms with Crippen molar-refractivity contribution in [2.45, 2.75) is 19.4 Å². The van der Waals surface area contributed by atoms with Crippen LogP contribution in [0.5, 0.6) is 0 Å². The molecule has 0 aliphatic heterocycles. The van der Waals surface area contributed by atoms with Gasteiger partial charge in [-0.05, 0) is 30.7 Å². The maximum Gasteiger partial charge on any atom is 0.112 e. The first kappa shape index (κ1) is 13.0. The van der Waals surface area contributed by atoms with Crippen molar-refractivity contribution in [1.29, 1.82) is 0 Å². The topological polar surface area (TPSA) is 63.8 Å². The van der Waals surface area contributed by atoms with Gasteiger partial charge in [0.2, 0.25) is 0 Å². The highest BCUT2D eigenvalue weighted by molar-refractivity contribution is 6.35. The van der Waals surface area contributed by atoms with Crippen LogP contribution in [0.2, 0.25) is 5.02 Å². The molecular weight excluding hydrogens is 276 g/mol. The summed E-state index contributed by atoms with van der Waals surface area (Å²) in [5, 5.41) is 19.4. The summed E-state index contributed by atoms with van der Waals surface area (Å²) in [7, 11) is 0. The van der Waals surface area contributed by atoms with Crippen LogP contribution in [0.3, 0.4) is 0 Å². The van der Waals surface area contributed by atoms with Crippen molar-refractivity contribution < 1.29 is 5.11 Å². The van der Waals surface area contributed by atoms with E-state index in [0.717, 1.165) is 16.6 Å². The zero-order chi connectivity index (χ0) is 14.1. The van der Waals surface area contributed by atoms with Gasteiger partial charge in [-0.25, -0.2) is 4.68 Å². The molecule has 0 aliphatic carbocycles. The Bertz CT molecular complexity index is 756. The molecule has 6 heteroatoms. The van der Waals surface area contributed by atoms with Crippen molar-refractivity contribution in [2.75, 3.05) is 0 Å². The summed E-state index contributed by atoms with van der Waals surface area (Å²) >= 11 is 6.17. The molecule has 2 aromatic heterocycles. The molecule has 1 atom stereocenters. The Kier molecular flexibility index (Phi) is 3.38. The molecule has 3 aromatic rings. The van der Waals surface area contributed by atoms with Crippen LogP contribution >= 0.6 is 11.6 Å². The number of pyridine rings is 1. The molecule has 20 heavy (non-hydrogen) atoms. The maximum absolute atomic E-state index is 9.79. The first-order valence-electron chi connectivity index (χ1n) is 6.34. The largest absolute Gasteiger partial charge is 0.387 e. The van der Waals surface area contributed by atoms with E-state index in [0.29, 0.717) is 17.1 Å². The predicted octanol–water partition coefficient (Wildman–Crippen LogP) is 2.91. The Morgan fingerprint density at radius 3 is 3.00 bits per heavy atom. The minimum Gasteiger partial charge on any atom is -0.387 e. The van der Waals surface area contributed by atoms with Crippen LogP contribution in [0.4, 0.5) is 0 Å². The first-order chi connectivity index (χ1) is 9.70. The second-order valence-corrected chi connectivity index (χ2v) is 4.89. The van der Waals surface area contributed by atoms with Crippen molar-refractivity contribution in [3.8, 4) is 5.69 Å². The van der Waals surface area contributed by atoms with Gasteiger partial charge in [0.05, 0.1) is 28.5 Å². The highest BCUT2D eigenvalue weighted by Gasteiger charge is 2.13. The Balaban J connectivity index is 2.15. The lowest BCUT2D eigenvalue weighted by Crippen LogP contribution is -1.98. The lowest BCUT2D eigenvalue weighted by molar-refractivity contribution is 0.169. The molecule has 0 aliphatic rings. The van der Waals surface area contributed by atoms with Gasteiger partial charge >= 0.3 is 0 Å². The van der Waals surface area contributed by atoms with Crippen LogP contribution in [0, 0.1) is 0 Å². The molecule has 0 saturated carbocycles. The number of aliphatic hydroxyl groups is 1. The van der Waals surface area contributed by atoms with E-state index in [1.807, 2.05) is 25.1 Å². The van der Waals surface area contributed by atoms with E-state index in [-0.39, 0.29) is 0 Å². The summed E-state index contributed by atoms with van der Waals surface area (Å²) in [6.07, 6.45) is 3.42. The number of hydrogen-bond acceptors (Lipinski definition) is 4. The third-order valence-corrected chi connectivity index (χ3v) is 3.51. The van der Waals surface area contributed by atoms with E-state index >= 15 is 0 Å². The number of halogens is 1. The van der Waals surface area contributed by atoms with Gasteiger partial charge in [-0.2, -0.15) is 0 Å². The van der Waals surface area contributed by atoms with E-state index in [1.165, 1.54) is 0 Å². The van der Waals surface area contributed by atoms with Gasteiger partial charge in [-0.1, -0.05) is 23.7 Å². The quantitative estimate of drug-likeness (QED) is 0.805. The van der Waals surface area contributed by atoms with Crippen molar-refractivity contribution >= 4 is 22.5 Å². The summed E-state index contributed by atoms with van der Waals surface area (Å²) < 4.78 is 1.61. The number of aliphatic hydroxyl groups excluding tert-OH is 1. The number of benzene rings is 1. The van der Waals surface area contributed by atoms with Crippen LogP contribution in [0.15, 0.2) is 36.7 Å². The molecule has 1 unspecified atom stereocenters. The molecule has 0 radical (unpaired) electrons. The maximum atomic E-state index is 9.79. The van der Waals surface area contributed by atoms with Crippen LogP contribution in [0.25, 0.3) is 16.6 Å². The number of nitrogens with zero attached hydrogens (tertiary/aromatic N) is 4. The van der Waals surface area contributed by atoms with E-state index < -0.39 is 6.10 Å². The number of fused-ring (bicyclic) bond motifs is 1. The fraction of sp³-hybridized carbons (Fsp3) is 0.214. The average molecular weight is 289 g/mol. The zero-order valence-corrected chi connectivity index (χ0v) is 11.6. The molecule has 2 heterocycles. The fourth-order valence-electron chi connectivity index (χ4n) is 2.06. The second kappa shape index (κ2) is 5.19. The molecule has 0 amide bonds. The molecule has 1 aromatic carbocycles. The lowest BCUT2D eigenvalue weighted by atomic mass is 10.2. The van der Waals surface area contributed by atoms with Crippen LogP contribution in [0.1, 0.15) is 25.1 Å². The third-order valence-electron chi connectivity index (χ3n) is 3.18. The summed E-state index contributed by atoms with van der Waals surface area (Å²) in [4.78, 5) is 4.36. The molecule has 0 saturated heterocycles. The average Bonchev–Trinajstić information content (AvgIpc) is 2.97. The molecule has 0 fully saturated rings. The van der Waals surface area contributed by atoms with Crippen molar-refractivity contribution in [2.24, 2.45) is 0 Å². The van der Waals surface area contributed by atoms with Crippen molar-refractivity contribution in [3.63, 3.8) is 0 Å². The second-order valence-electron chi connectivity index (χ2n) is 4.48. The van der Waals surface area contributed by atoms with Crippen LogP contribution in [-0.2, 0) is 0 Å². The van der Waals surface area contributed by atoms with E-state index in [4.69, 9.17) is 11.6 Å². The SMILES string of the molecule is CCC(O)c1cn(-c2ccc(Cl)c3cccnc23)nn1. The molecule has 0 bridgehead atoms. The Labute approximate surface area is 120 Å². The Morgan fingerprint density at radius 1 is 1.35 bits per heavy atom. The van der Waals surface area contributed by atoms with E-state index in [9.17, 15) is 5.11 Å². The van der Waals surface area contributed by atoms with E-state index in [2.05, 4.69) is 15.3 Å². The molecule has 0 spiro atoms. The smallest absolute Gasteiger partial charge is 0.112 e. The van der Waals surface area contributed by atoms with Crippen LogP contribution < -0.4 is 0 Å². The van der Waals surface area contributed by atoms with E-state index in [1.54, 1.807) is 23.1 Å². The summed E-state index contributed by atoms with van der Waals surface area (Å²) in [6, 6.07) is 7.39. The van der Waals surface area contributed by atoms with Gasteiger partial charge in [0.15, 0.2) is 0 Å². The molecule has 102 valence electrons. The minimum absolute atomic E-state index is 0.548. The van der Waals surface area contributed by atoms with Crippen LogP contribution in [-0.4, -0.2) is 25.1 Å². The summed E-state index contributed by atoms with van der Waals surface area (Å²) in [5.74, 6) is 0. The molecule has 3 rings (SSSR count). The number of aromatic nitrogens is 4. The monoisotopic (exact) mass is 288 g/mol. The lowest BCUT2D eigenvalue weighted by Gasteiger charge is -2.06. The molecule has 5 nitrogen and oxygen atoms in total. The Morgan fingerprint density at radius 2 is 2.20 bits per heavy atom. The molecule has 1 N–H and O–H groups in total. The highest BCUT2D eigenvalue weighted by atomic mass is 35.5. The first-order valence-corrected chi connectivity index (χ1v) is 6.72. The number of rotatable bonds is 3. The van der Waals surface area contributed by atoms with Crippen molar-refractivity contribution in [3.05, 3.63) is 47.4 Å². The highest BCUT2D eigenvalue weighted by Crippen LogP contribution is 2.27. The van der Waals surface area contributed by atoms with Gasteiger partial charge in [0, 0.05) is 11.6 Å². The van der Waals surface area contributed by atoms with Gasteiger partial charge in [-0.3, -0.25) is 4.98 Å². The zero-order valence-electron chi connectivity index (χ0n) is 10.9.